The molecule has 0 aliphatic carbocycles. The molecule has 2 rings (SSSR count). The fraction of sp³-hybridized carbons (Fsp3) is 0.250. The Kier molecular flexibility index (Phi) is 2.28. The Bertz CT molecular complexity index is 407. The first-order valence-electron chi connectivity index (χ1n) is 3.97. The van der Waals surface area contributed by atoms with Crippen LogP contribution in [0.5, 0.6) is 0 Å². The second-order valence-corrected chi connectivity index (χ2v) is 3.69. The van der Waals surface area contributed by atoms with E-state index in [4.69, 9.17) is 0 Å². The number of halogens is 1. The zero-order chi connectivity index (χ0) is 10.1. The lowest BCUT2D eigenvalue weighted by Gasteiger charge is -2.11. The zero-order valence-electron chi connectivity index (χ0n) is 7.11. The third-order valence-corrected chi connectivity index (χ3v) is 2.28. The Hall–Kier alpha value is -1.30. The maximum absolute atomic E-state index is 11.3. The van der Waals surface area contributed by atoms with Gasteiger partial charge in [-0.15, -0.1) is 0 Å². The second-order valence-electron chi connectivity index (χ2n) is 2.87. The number of anilines is 1. The molecule has 6 heteroatoms. The molecule has 72 valence electrons. The van der Waals surface area contributed by atoms with Gasteiger partial charge in [-0.2, -0.15) is 0 Å². The summed E-state index contributed by atoms with van der Waals surface area (Å²) < 4.78 is 0.592. The second kappa shape index (κ2) is 3.45. The number of amides is 1. The Morgan fingerprint density at radius 2 is 2.21 bits per heavy atom. The quantitative estimate of drug-likeness (QED) is 0.543. The van der Waals surface area contributed by atoms with Crippen LogP contribution in [0.2, 0.25) is 0 Å². The lowest BCUT2D eigenvalue weighted by molar-refractivity contribution is -0.121. The fourth-order valence-corrected chi connectivity index (χ4v) is 1.50. The summed E-state index contributed by atoms with van der Waals surface area (Å²) in [4.78, 5) is 31.5. The molecule has 1 fully saturated rings. The summed E-state index contributed by atoms with van der Waals surface area (Å²) in [6, 6.07) is 1.66. The predicted molar refractivity (Wildman–Crippen MR) is 51.7 cm³/mol. The maximum Gasteiger partial charge on any atom is 0.237 e. The van der Waals surface area contributed by atoms with Crippen LogP contribution in [-0.2, 0) is 9.59 Å². The van der Waals surface area contributed by atoms with E-state index in [2.05, 4.69) is 25.9 Å². The van der Waals surface area contributed by atoms with Crippen LogP contribution < -0.4 is 4.90 Å². The molecule has 1 aromatic rings. The topological polar surface area (TPSA) is 63.2 Å². The van der Waals surface area contributed by atoms with Gasteiger partial charge < -0.3 is 0 Å². The van der Waals surface area contributed by atoms with Crippen LogP contribution in [0.1, 0.15) is 6.42 Å². The zero-order valence-corrected chi connectivity index (χ0v) is 8.69. The van der Waals surface area contributed by atoms with Crippen LogP contribution in [0.4, 0.5) is 5.95 Å². The lowest BCUT2D eigenvalue weighted by atomic mass is 10.3. The largest absolute Gasteiger partial charge is 0.297 e. The van der Waals surface area contributed by atoms with Gasteiger partial charge in [0.15, 0.2) is 5.78 Å². The highest BCUT2D eigenvalue weighted by molar-refractivity contribution is 9.10. The van der Waals surface area contributed by atoms with Crippen molar-refractivity contribution in [2.24, 2.45) is 0 Å². The van der Waals surface area contributed by atoms with Crippen molar-refractivity contribution >= 4 is 33.6 Å². The Morgan fingerprint density at radius 1 is 1.43 bits per heavy atom. The minimum atomic E-state index is -0.242. The molecule has 0 aromatic carbocycles. The summed E-state index contributed by atoms with van der Waals surface area (Å²) in [6.07, 6.45) is 1.48. The average molecular weight is 256 g/mol. The van der Waals surface area contributed by atoms with E-state index < -0.39 is 0 Å². The maximum atomic E-state index is 11.3. The number of rotatable bonds is 1. The minimum absolute atomic E-state index is 0.0458. The molecular weight excluding hydrogens is 250 g/mol. The van der Waals surface area contributed by atoms with Crippen molar-refractivity contribution < 1.29 is 9.59 Å². The van der Waals surface area contributed by atoms with Crippen LogP contribution in [0.15, 0.2) is 16.9 Å². The molecule has 0 atom stereocenters. The molecule has 14 heavy (non-hydrogen) atoms. The molecule has 1 aromatic heterocycles. The van der Waals surface area contributed by atoms with E-state index in [-0.39, 0.29) is 30.6 Å². The normalized spacial score (nSPS) is 16.5. The van der Waals surface area contributed by atoms with Gasteiger partial charge in [0.25, 0.3) is 0 Å². The molecular formula is C8H6BrN3O2. The van der Waals surface area contributed by atoms with E-state index in [9.17, 15) is 9.59 Å². The summed E-state index contributed by atoms with van der Waals surface area (Å²) in [6.45, 7) is 0.0787. The summed E-state index contributed by atoms with van der Waals surface area (Å²) in [5.74, 6) is -0.0677. The monoisotopic (exact) mass is 255 g/mol. The number of hydrogen-bond donors (Lipinski definition) is 0. The van der Waals surface area contributed by atoms with Crippen molar-refractivity contribution in [1.82, 2.24) is 9.97 Å². The van der Waals surface area contributed by atoms with Crippen LogP contribution in [0.3, 0.4) is 0 Å². The van der Waals surface area contributed by atoms with E-state index >= 15 is 0 Å². The van der Waals surface area contributed by atoms with Crippen LogP contribution in [-0.4, -0.2) is 28.2 Å². The molecule has 0 unspecified atom stereocenters. The molecule has 0 spiro atoms. The number of ketones is 1. The van der Waals surface area contributed by atoms with Gasteiger partial charge in [-0.1, -0.05) is 0 Å². The van der Waals surface area contributed by atoms with Crippen LogP contribution >= 0.6 is 15.9 Å². The molecule has 0 saturated carbocycles. The number of hydrogen-bond acceptors (Lipinski definition) is 4. The number of nitrogens with zero attached hydrogens (tertiary/aromatic N) is 3. The minimum Gasteiger partial charge on any atom is -0.297 e. The molecule has 1 amide bonds. The van der Waals surface area contributed by atoms with Crippen molar-refractivity contribution in [1.29, 1.82) is 0 Å². The molecule has 1 aliphatic rings. The number of carbonyl (C=O) groups is 2. The molecule has 2 heterocycles. The Morgan fingerprint density at radius 3 is 2.79 bits per heavy atom. The highest BCUT2D eigenvalue weighted by atomic mass is 79.9. The van der Waals surface area contributed by atoms with Gasteiger partial charge in [0.2, 0.25) is 11.9 Å². The lowest BCUT2D eigenvalue weighted by Crippen LogP contribution is -2.26. The summed E-state index contributed by atoms with van der Waals surface area (Å²) >= 11 is 3.17. The molecule has 0 radical (unpaired) electrons. The standard InChI is InChI=1S/C8H6BrN3O2/c9-6-1-2-10-8(11-6)12-4-5(13)3-7(12)14/h1-2H,3-4H2. The highest BCUT2D eigenvalue weighted by Crippen LogP contribution is 2.16. The Balaban J connectivity index is 2.31. The van der Waals surface area contributed by atoms with Gasteiger partial charge in [0.05, 0.1) is 13.0 Å². The summed E-state index contributed by atoms with van der Waals surface area (Å²) in [5, 5.41) is 0. The van der Waals surface area contributed by atoms with Gasteiger partial charge in [0, 0.05) is 6.20 Å². The highest BCUT2D eigenvalue weighted by Gasteiger charge is 2.30. The van der Waals surface area contributed by atoms with Gasteiger partial charge >= 0.3 is 0 Å². The van der Waals surface area contributed by atoms with E-state index in [1.807, 2.05) is 0 Å². The van der Waals surface area contributed by atoms with Crippen LogP contribution in [0.25, 0.3) is 0 Å². The first kappa shape index (κ1) is 9.26. The SMILES string of the molecule is O=C1CC(=O)N(c2nccc(Br)n2)C1. The number of carbonyl (C=O) groups excluding carboxylic acids is 2. The third kappa shape index (κ3) is 1.65. The van der Waals surface area contributed by atoms with E-state index in [0.29, 0.717) is 4.60 Å². The predicted octanol–water partition coefficient (Wildman–Crippen LogP) is 0.545. The first-order valence-corrected chi connectivity index (χ1v) is 4.77. The summed E-state index contributed by atoms with van der Waals surface area (Å²) in [5.41, 5.74) is 0. The molecule has 1 saturated heterocycles. The van der Waals surface area contributed by atoms with Crippen molar-refractivity contribution in [2.75, 3.05) is 11.4 Å². The number of Topliss-reactive ketones (excluding diaryl/α,β-unsaturated/α-hetero) is 1. The molecule has 1 aliphatic heterocycles. The average Bonchev–Trinajstić information content (AvgIpc) is 2.45. The van der Waals surface area contributed by atoms with Gasteiger partial charge in [-0.25, -0.2) is 9.97 Å². The van der Waals surface area contributed by atoms with E-state index in [0.717, 1.165) is 0 Å². The van der Waals surface area contributed by atoms with Crippen molar-refractivity contribution in [3.63, 3.8) is 0 Å². The first-order chi connectivity index (χ1) is 6.66. The fourth-order valence-electron chi connectivity index (χ4n) is 1.22. The van der Waals surface area contributed by atoms with E-state index in [1.54, 1.807) is 6.07 Å². The molecule has 0 N–H and O–H groups in total. The smallest absolute Gasteiger partial charge is 0.237 e. The van der Waals surface area contributed by atoms with Gasteiger partial charge in [0.1, 0.15) is 4.60 Å². The molecule has 0 bridgehead atoms. The van der Waals surface area contributed by atoms with Crippen molar-refractivity contribution in [3.8, 4) is 0 Å². The molecule has 5 nitrogen and oxygen atoms in total. The van der Waals surface area contributed by atoms with Crippen LogP contribution in [0, 0.1) is 0 Å². The van der Waals surface area contributed by atoms with Crippen molar-refractivity contribution in [3.05, 3.63) is 16.9 Å². The van der Waals surface area contributed by atoms with Crippen molar-refractivity contribution in [2.45, 2.75) is 6.42 Å². The number of aromatic nitrogens is 2. The van der Waals surface area contributed by atoms with Gasteiger partial charge in [-0.3, -0.25) is 14.5 Å². The van der Waals surface area contributed by atoms with E-state index in [1.165, 1.54) is 11.1 Å². The summed E-state index contributed by atoms with van der Waals surface area (Å²) in [7, 11) is 0. The Labute approximate surface area is 88.3 Å². The van der Waals surface area contributed by atoms with Gasteiger partial charge in [-0.05, 0) is 22.0 Å². The third-order valence-electron chi connectivity index (χ3n) is 1.83.